The van der Waals surface area contributed by atoms with Gasteiger partial charge in [0.05, 0.1) is 6.61 Å². The Morgan fingerprint density at radius 3 is 2.84 bits per heavy atom. The molecule has 1 aliphatic heterocycles. The molecule has 0 radical (unpaired) electrons. The summed E-state index contributed by atoms with van der Waals surface area (Å²) in [4.78, 5) is 30.9. The van der Waals surface area contributed by atoms with E-state index in [2.05, 4.69) is 16.7 Å². The van der Waals surface area contributed by atoms with Crippen molar-refractivity contribution >= 4 is 17.7 Å². The van der Waals surface area contributed by atoms with Gasteiger partial charge >= 0.3 is 5.97 Å². The minimum atomic E-state index is -2.90. The smallest absolute Gasteiger partial charge is 0.326 e. The lowest BCUT2D eigenvalue weighted by Gasteiger charge is -2.29. The molecule has 0 aromatic carbocycles. The van der Waals surface area contributed by atoms with Crippen molar-refractivity contribution in [2.24, 2.45) is 5.92 Å². The van der Waals surface area contributed by atoms with Gasteiger partial charge in [-0.3, -0.25) is 4.79 Å². The van der Waals surface area contributed by atoms with Gasteiger partial charge in [-0.1, -0.05) is 6.07 Å². The summed E-state index contributed by atoms with van der Waals surface area (Å²) in [7, 11) is 1.42. The van der Waals surface area contributed by atoms with Crippen LogP contribution in [0.3, 0.4) is 0 Å². The molecule has 0 bridgehead atoms. The molecular formula is C27H41F3N4O4. The number of hydrogen-bond donors (Lipinski definition) is 3. The molecule has 1 saturated carbocycles. The number of carbonyl (C=O) groups excluding carboxylic acids is 1. The molecule has 38 heavy (non-hydrogen) atoms. The maximum Gasteiger partial charge on any atom is 0.326 e. The van der Waals surface area contributed by atoms with Crippen molar-refractivity contribution in [3.63, 3.8) is 0 Å². The third kappa shape index (κ3) is 9.72. The zero-order chi connectivity index (χ0) is 27.5. The van der Waals surface area contributed by atoms with Crippen LogP contribution in [0, 0.1) is 5.92 Å². The van der Waals surface area contributed by atoms with Gasteiger partial charge in [0, 0.05) is 51.2 Å². The summed E-state index contributed by atoms with van der Waals surface area (Å²) in [6.45, 7) is 1.71. The number of pyridine rings is 1. The number of carboxylic acids is 1. The predicted octanol–water partition coefficient (Wildman–Crippen LogP) is 3.83. The van der Waals surface area contributed by atoms with Crippen molar-refractivity contribution in [1.82, 2.24) is 15.2 Å². The molecule has 1 aromatic heterocycles. The van der Waals surface area contributed by atoms with Crippen LogP contribution in [0.5, 0.6) is 0 Å². The topological polar surface area (TPSA) is 104 Å². The second kappa shape index (κ2) is 14.7. The highest BCUT2D eigenvalue weighted by Crippen LogP contribution is 2.36. The highest BCUT2D eigenvalue weighted by Gasteiger charge is 2.40. The lowest BCUT2D eigenvalue weighted by Crippen LogP contribution is -2.47. The first kappa shape index (κ1) is 30.1. The quantitative estimate of drug-likeness (QED) is 0.290. The number of fused-ring (bicyclic) bond motifs is 1. The number of halogens is 3. The first-order valence-electron chi connectivity index (χ1n) is 13.7. The van der Waals surface area contributed by atoms with Crippen LogP contribution in [0.2, 0.25) is 0 Å². The van der Waals surface area contributed by atoms with Crippen LogP contribution in [0.25, 0.3) is 0 Å². The Morgan fingerprint density at radius 2 is 2.11 bits per heavy atom. The minimum Gasteiger partial charge on any atom is -0.480 e. The highest BCUT2D eigenvalue weighted by atomic mass is 19.3. The highest BCUT2D eigenvalue weighted by molar-refractivity contribution is 5.85. The molecule has 3 unspecified atom stereocenters. The molecule has 2 aliphatic rings. The minimum absolute atomic E-state index is 0.0436. The van der Waals surface area contributed by atoms with Crippen molar-refractivity contribution in [2.75, 3.05) is 45.2 Å². The molecule has 1 fully saturated rings. The third-order valence-corrected chi connectivity index (χ3v) is 7.27. The van der Waals surface area contributed by atoms with E-state index in [0.717, 1.165) is 50.2 Å². The van der Waals surface area contributed by atoms with Crippen molar-refractivity contribution in [3.8, 4) is 0 Å². The molecular weight excluding hydrogens is 501 g/mol. The molecule has 214 valence electrons. The van der Waals surface area contributed by atoms with Crippen molar-refractivity contribution in [1.29, 1.82) is 0 Å². The van der Waals surface area contributed by atoms with Gasteiger partial charge in [0.25, 0.3) is 0 Å². The molecule has 2 heterocycles. The van der Waals surface area contributed by atoms with Gasteiger partial charge in [0.2, 0.25) is 11.8 Å². The second-order valence-corrected chi connectivity index (χ2v) is 10.5. The first-order valence-corrected chi connectivity index (χ1v) is 13.7. The number of amides is 1. The number of aliphatic carboxylic acids is 1. The lowest BCUT2D eigenvalue weighted by molar-refractivity contribution is -0.144. The molecule has 0 saturated heterocycles. The van der Waals surface area contributed by atoms with Crippen LogP contribution >= 0.6 is 0 Å². The summed E-state index contributed by atoms with van der Waals surface area (Å²) in [6, 6.07) is 2.93. The Kier molecular flexibility index (Phi) is 11.6. The van der Waals surface area contributed by atoms with Crippen molar-refractivity contribution in [3.05, 3.63) is 23.4 Å². The standard InChI is InChI=1S/C27H41F3N4O4/c1-38-18-21(28)17-34(14-3-2-8-22-10-9-19-7-5-13-31-24(19)32-22)15-11-23(26(36)37)33-25(35)20-6-4-12-27(29,30)16-20/h9-10,20-21,23H,2-8,11-18H2,1H3,(H,31,32)(H,33,35)(H,36,37). The summed E-state index contributed by atoms with van der Waals surface area (Å²) in [6.07, 6.45) is 3.03. The molecule has 0 spiro atoms. The molecule has 8 nitrogen and oxygen atoms in total. The number of ether oxygens (including phenoxy) is 1. The number of rotatable bonds is 15. The van der Waals surface area contributed by atoms with Gasteiger partial charge < -0.3 is 25.4 Å². The number of anilines is 1. The van der Waals surface area contributed by atoms with Gasteiger partial charge in [-0.05, 0) is 69.5 Å². The van der Waals surface area contributed by atoms with E-state index in [1.165, 1.54) is 12.7 Å². The number of aryl methyl sites for hydroxylation is 2. The van der Waals surface area contributed by atoms with Crippen LogP contribution in [-0.2, 0) is 27.2 Å². The molecule has 1 aromatic rings. The fraction of sp³-hybridized carbons (Fsp3) is 0.741. The van der Waals surface area contributed by atoms with E-state index in [1.54, 1.807) is 0 Å². The second-order valence-electron chi connectivity index (χ2n) is 10.5. The molecule has 3 N–H and O–H groups in total. The van der Waals surface area contributed by atoms with Gasteiger partial charge in [0.1, 0.15) is 18.0 Å². The van der Waals surface area contributed by atoms with Gasteiger partial charge in [-0.2, -0.15) is 0 Å². The summed E-state index contributed by atoms with van der Waals surface area (Å²) in [5.41, 5.74) is 2.23. The monoisotopic (exact) mass is 542 g/mol. The number of aromatic nitrogens is 1. The number of carboxylic acid groups (broad SMARTS) is 1. The van der Waals surface area contributed by atoms with Crippen molar-refractivity contribution < 1.29 is 32.6 Å². The number of unbranched alkanes of at least 4 members (excludes halogenated alkanes) is 1. The van der Waals surface area contributed by atoms with E-state index in [9.17, 15) is 27.9 Å². The number of hydrogen-bond acceptors (Lipinski definition) is 6. The summed E-state index contributed by atoms with van der Waals surface area (Å²) in [5, 5.41) is 15.4. The Balaban J connectivity index is 1.50. The van der Waals surface area contributed by atoms with Crippen LogP contribution in [0.1, 0.15) is 62.6 Å². The molecule has 1 amide bonds. The molecule has 11 heteroatoms. The Morgan fingerprint density at radius 1 is 1.29 bits per heavy atom. The Labute approximate surface area is 222 Å². The number of alkyl halides is 3. The SMILES string of the molecule is COCC(F)CN(CCCCc1ccc2c(n1)NCCC2)CCC(NC(=O)C1CCCC(F)(F)C1)C(=O)O. The summed E-state index contributed by atoms with van der Waals surface area (Å²) < 4.78 is 46.7. The Bertz CT molecular complexity index is 920. The number of carbonyl (C=O) groups is 2. The van der Waals surface area contributed by atoms with Crippen molar-refractivity contribution in [2.45, 2.75) is 82.3 Å². The van der Waals surface area contributed by atoms with E-state index in [-0.39, 0.29) is 39.0 Å². The first-order chi connectivity index (χ1) is 18.2. The average Bonchev–Trinajstić information content (AvgIpc) is 2.87. The van der Waals surface area contributed by atoms with Crippen LogP contribution in [0.15, 0.2) is 12.1 Å². The average molecular weight is 543 g/mol. The summed E-state index contributed by atoms with van der Waals surface area (Å²) >= 11 is 0. The fourth-order valence-corrected chi connectivity index (χ4v) is 5.21. The van der Waals surface area contributed by atoms with Crippen LogP contribution in [0.4, 0.5) is 19.0 Å². The Hall–Kier alpha value is -2.40. The van der Waals surface area contributed by atoms with E-state index in [1.807, 2.05) is 11.0 Å². The van der Waals surface area contributed by atoms with E-state index < -0.39 is 42.4 Å². The molecule has 3 rings (SSSR count). The lowest BCUT2D eigenvalue weighted by atomic mass is 9.86. The van der Waals surface area contributed by atoms with Gasteiger partial charge in [-0.25, -0.2) is 22.9 Å². The van der Waals surface area contributed by atoms with E-state index in [0.29, 0.717) is 13.0 Å². The summed E-state index contributed by atoms with van der Waals surface area (Å²) in [5.74, 6) is -4.74. The van der Waals surface area contributed by atoms with Crippen LogP contribution in [-0.4, -0.2) is 84.9 Å². The zero-order valence-electron chi connectivity index (χ0n) is 22.2. The normalized spacial score (nSPS) is 20.3. The zero-order valence-corrected chi connectivity index (χ0v) is 22.2. The van der Waals surface area contributed by atoms with E-state index in [4.69, 9.17) is 9.72 Å². The number of methoxy groups -OCH3 is 1. The molecule has 1 aliphatic carbocycles. The largest absolute Gasteiger partial charge is 0.480 e. The predicted molar refractivity (Wildman–Crippen MR) is 138 cm³/mol. The van der Waals surface area contributed by atoms with Crippen LogP contribution < -0.4 is 10.6 Å². The fourth-order valence-electron chi connectivity index (χ4n) is 5.21. The van der Waals surface area contributed by atoms with E-state index >= 15 is 0 Å². The number of nitrogens with one attached hydrogen (secondary N) is 2. The third-order valence-electron chi connectivity index (χ3n) is 7.27. The maximum atomic E-state index is 14.4. The maximum absolute atomic E-state index is 14.4. The number of nitrogens with zero attached hydrogens (tertiary/aromatic N) is 2. The molecule has 3 atom stereocenters. The van der Waals surface area contributed by atoms with Gasteiger partial charge in [0.15, 0.2) is 0 Å². The van der Waals surface area contributed by atoms with Gasteiger partial charge in [-0.15, -0.1) is 0 Å².